The summed E-state index contributed by atoms with van der Waals surface area (Å²) >= 11 is 1.33. The number of benzene rings is 3. The van der Waals surface area contributed by atoms with Gasteiger partial charge in [0.05, 0.1) is 11.4 Å². The Balaban J connectivity index is 1.81. The van der Waals surface area contributed by atoms with Crippen LogP contribution in [0.4, 0.5) is 15.8 Å². The number of amides is 1. The monoisotopic (exact) mass is 382 g/mol. The SMILES string of the molecule is Cc1ccc(SN(CC(=O)Nc2ccccc2F)c2ccccc2O)cc1. The summed E-state index contributed by atoms with van der Waals surface area (Å²) in [6.45, 7) is 1.93. The molecule has 3 aromatic carbocycles. The fourth-order valence-corrected chi connectivity index (χ4v) is 3.40. The largest absolute Gasteiger partial charge is 0.506 e. The molecule has 138 valence electrons. The van der Waals surface area contributed by atoms with E-state index in [4.69, 9.17) is 0 Å². The third-order valence-electron chi connectivity index (χ3n) is 3.82. The third-order valence-corrected chi connectivity index (χ3v) is 4.85. The first-order valence-electron chi connectivity index (χ1n) is 8.37. The van der Waals surface area contributed by atoms with Crippen molar-refractivity contribution in [1.82, 2.24) is 0 Å². The average molecular weight is 382 g/mol. The van der Waals surface area contributed by atoms with Crippen LogP contribution in [-0.4, -0.2) is 17.6 Å². The molecule has 0 heterocycles. The zero-order valence-electron chi connectivity index (χ0n) is 14.7. The van der Waals surface area contributed by atoms with Crippen LogP contribution >= 0.6 is 11.9 Å². The molecular weight excluding hydrogens is 363 g/mol. The molecule has 6 heteroatoms. The van der Waals surface area contributed by atoms with Crippen molar-refractivity contribution in [1.29, 1.82) is 0 Å². The summed E-state index contributed by atoms with van der Waals surface area (Å²) in [6.07, 6.45) is 0. The quantitative estimate of drug-likeness (QED) is 0.590. The van der Waals surface area contributed by atoms with Crippen LogP contribution < -0.4 is 9.62 Å². The van der Waals surface area contributed by atoms with Crippen molar-refractivity contribution >= 4 is 29.2 Å². The molecule has 3 aromatic rings. The first kappa shape index (κ1) is 18.8. The minimum absolute atomic E-state index is 0.0650. The lowest BCUT2D eigenvalue weighted by atomic mass is 10.2. The van der Waals surface area contributed by atoms with E-state index in [1.54, 1.807) is 40.7 Å². The number of aryl methyl sites for hydroxylation is 1. The normalized spacial score (nSPS) is 10.4. The Labute approximate surface area is 161 Å². The van der Waals surface area contributed by atoms with Crippen molar-refractivity contribution in [2.24, 2.45) is 0 Å². The van der Waals surface area contributed by atoms with E-state index in [0.29, 0.717) is 5.69 Å². The van der Waals surface area contributed by atoms with Gasteiger partial charge in [-0.2, -0.15) is 0 Å². The van der Waals surface area contributed by atoms with Gasteiger partial charge in [-0.3, -0.25) is 9.10 Å². The van der Waals surface area contributed by atoms with Gasteiger partial charge in [-0.15, -0.1) is 0 Å². The highest BCUT2D eigenvalue weighted by Crippen LogP contribution is 2.34. The molecule has 2 N–H and O–H groups in total. The number of nitrogens with one attached hydrogen (secondary N) is 1. The maximum absolute atomic E-state index is 13.8. The Morgan fingerprint density at radius 2 is 1.70 bits per heavy atom. The summed E-state index contributed by atoms with van der Waals surface area (Å²) in [7, 11) is 0. The highest BCUT2D eigenvalue weighted by molar-refractivity contribution is 8.00. The molecule has 0 aromatic heterocycles. The lowest BCUT2D eigenvalue weighted by molar-refractivity contribution is -0.114. The fourth-order valence-electron chi connectivity index (χ4n) is 2.45. The molecule has 0 saturated carbocycles. The summed E-state index contributed by atoms with van der Waals surface area (Å²) in [6, 6.07) is 20.6. The van der Waals surface area contributed by atoms with E-state index in [1.807, 2.05) is 31.2 Å². The van der Waals surface area contributed by atoms with Gasteiger partial charge in [-0.25, -0.2) is 4.39 Å². The number of phenols is 1. The predicted molar refractivity (Wildman–Crippen MR) is 108 cm³/mol. The number of hydrogen-bond donors (Lipinski definition) is 2. The topological polar surface area (TPSA) is 52.6 Å². The zero-order chi connectivity index (χ0) is 19.2. The van der Waals surface area contributed by atoms with Crippen LogP contribution in [0.1, 0.15) is 5.56 Å². The van der Waals surface area contributed by atoms with Gasteiger partial charge in [-0.05, 0) is 55.3 Å². The highest BCUT2D eigenvalue weighted by Gasteiger charge is 2.17. The first-order chi connectivity index (χ1) is 13.0. The molecule has 0 aliphatic heterocycles. The van der Waals surface area contributed by atoms with E-state index in [0.717, 1.165) is 10.5 Å². The molecule has 4 nitrogen and oxygen atoms in total. The minimum Gasteiger partial charge on any atom is -0.506 e. The van der Waals surface area contributed by atoms with Crippen LogP contribution in [0.15, 0.2) is 77.7 Å². The second-order valence-corrected chi connectivity index (χ2v) is 7.05. The number of carbonyl (C=O) groups excluding carboxylic acids is 1. The van der Waals surface area contributed by atoms with Gasteiger partial charge in [0.25, 0.3) is 0 Å². The molecule has 0 spiro atoms. The van der Waals surface area contributed by atoms with Gasteiger partial charge in [0, 0.05) is 4.90 Å². The number of rotatable bonds is 6. The van der Waals surface area contributed by atoms with Crippen molar-refractivity contribution in [3.8, 4) is 5.75 Å². The molecule has 0 aliphatic carbocycles. The van der Waals surface area contributed by atoms with Gasteiger partial charge >= 0.3 is 0 Å². The summed E-state index contributed by atoms with van der Waals surface area (Å²) in [5.74, 6) is -0.815. The number of nitrogens with zero attached hydrogens (tertiary/aromatic N) is 1. The number of aromatic hydroxyl groups is 1. The Hall–Kier alpha value is -2.99. The van der Waals surface area contributed by atoms with Gasteiger partial charge < -0.3 is 10.4 Å². The van der Waals surface area contributed by atoms with Gasteiger partial charge in [0.1, 0.15) is 18.1 Å². The molecule has 0 radical (unpaired) electrons. The smallest absolute Gasteiger partial charge is 0.245 e. The molecule has 0 unspecified atom stereocenters. The lowest BCUT2D eigenvalue weighted by Gasteiger charge is -2.23. The van der Waals surface area contributed by atoms with Crippen molar-refractivity contribution in [3.63, 3.8) is 0 Å². The standard InChI is InChI=1S/C21H19FN2O2S/c1-15-10-12-16(13-11-15)27-24(19-8-4-5-9-20(19)25)14-21(26)23-18-7-3-2-6-17(18)22/h2-13,25H,14H2,1H3,(H,23,26). The second-order valence-electron chi connectivity index (χ2n) is 5.96. The average Bonchev–Trinajstić information content (AvgIpc) is 2.65. The van der Waals surface area contributed by atoms with Crippen LogP contribution in [0.3, 0.4) is 0 Å². The van der Waals surface area contributed by atoms with Gasteiger partial charge in [0.15, 0.2) is 0 Å². The van der Waals surface area contributed by atoms with Crippen molar-refractivity contribution in [2.75, 3.05) is 16.2 Å². The lowest BCUT2D eigenvalue weighted by Crippen LogP contribution is -2.28. The molecular formula is C21H19FN2O2S. The molecule has 3 rings (SSSR count). The van der Waals surface area contributed by atoms with E-state index in [2.05, 4.69) is 5.32 Å². The van der Waals surface area contributed by atoms with E-state index in [1.165, 1.54) is 24.1 Å². The molecule has 0 aliphatic rings. The predicted octanol–water partition coefficient (Wildman–Crippen LogP) is 4.99. The van der Waals surface area contributed by atoms with E-state index < -0.39 is 5.82 Å². The summed E-state index contributed by atoms with van der Waals surface area (Å²) in [4.78, 5) is 13.4. The van der Waals surface area contributed by atoms with Crippen LogP contribution in [0, 0.1) is 12.7 Å². The van der Waals surface area contributed by atoms with Crippen LogP contribution in [0.2, 0.25) is 0 Å². The Morgan fingerprint density at radius 3 is 2.41 bits per heavy atom. The minimum atomic E-state index is -0.494. The molecule has 0 atom stereocenters. The van der Waals surface area contributed by atoms with Gasteiger partial charge in [-0.1, -0.05) is 42.0 Å². The molecule has 0 bridgehead atoms. The summed E-state index contributed by atoms with van der Waals surface area (Å²) in [5, 5.41) is 12.8. The number of anilines is 2. The molecule has 0 saturated heterocycles. The Bertz CT molecular complexity index is 931. The fraction of sp³-hybridized carbons (Fsp3) is 0.0952. The molecule has 1 amide bonds. The van der Waals surface area contributed by atoms with Crippen molar-refractivity contribution < 1.29 is 14.3 Å². The first-order valence-corrected chi connectivity index (χ1v) is 9.15. The Kier molecular flexibility index (Phi) is 5.98. The number of halogens is 1. The number of carbonyl (C=O) groups is 1. The molecule has 27 heavy (non-hydrogen) atoms. The van der Waals surface area contributed by atoms with Crippen LogP contribution in [0.5, 0.6) is 5.75 Å². The molecule has 0 fully saturated rings. The summed E-state index contributed by atoms with van der Waals surface area (Å²) < 4.78 is 15.5. The highest BCUT2D eigenvalue weighted by atomic mass is 32.2. The number of hydrogen-bond acceptors (Lipinski definition) is 4. The third kappa shape index (κ3) is 5.01. The summed E-state index contributed by atoms with van der Waals surface area (Å²) in [5.41, 5.74) is 1.76. The number of para-hydroxylation sites is 3. The van der Waals surface area contributed by atoms with E-state index in [9.17, 15) is 14.3 Å². The maximum Gasteiger partial charge on any atom is 0.245 e. The van der Waals surface area contributed by atoms with Crippen LogP contribution in [0.25, 0.3) is 0 Å². The van der Waals surface area contributed by atoms with Crippen molar-refractivity contribution in [2.45, 2.75) is 11.8 Å². The van der Waals surface area contributed by atoms with E-state index in [-0.39, 0.29) is 23.9 Å². The van der Waals surface area contributed by atoms with Crippen LogP contribution in [-0.2, 0) is 4.79 Å². The second kappa shape index (κ2) is 8.60. The maximum atomic E-state index is 13.8. The van der Waals surface area contributed by atoms with Gasteiger partial charge in [0.2, 0.25) is 5.91 Å². The number of phenolic OH excluding ortho intramolecular Hbond substituents is 1. The van der Waals surface area contributed by atoms with Crippen molar-refractivity contribution in [3.05, 3.63) is 84.2 Å². The Morgan fingerprint density at radius 1 is 1.04 bits per heavy atom. The zero-order valence-corrected chi connectivity index (χ0v) is 15.5. The van der Waals surface area contributed by atoms with E-state index >= 15 is 0 Å².